The monoisotopic (exact) mass is 236 g/mol. The first kappa shape index (κ1) is 14.0. The van der Waals surface area contributed by atoms with Crippen LogP contribution < -0.4 is 0 Å². The molecule has 0 aliphatic carbocycles. The van der Waals surface area contributed by atoms with E-state index in [2.05, 4.69) is 27.7 Å². The van der Waals surface area contributed by atoms with Crippen molar-refractivity contribution in [2.24, 2.45) is 0 Å². The first-order valence-corrected chi connectivity index (χ1v) is 6.35. The van der Waals surface area contributed by atoms with Gasteiger partial charge in [0.2, 0.25) is 0 Å². The first-order chi connectivity index (χ1) is 7.95. The van der Waals surface area contributed by atoms with Crippen molar-refractivity contribution < 1.29 is 9.84 Å². The maximum atomic E-state index is 9.78. The van der Waals surface area contributed by atoms with E-state index in [9.17, 15) is 5.11 Å². The second kappa shape index (κ2) is 6.06. The normalized spacial score (nSPS) is 11.8. The van der Waals surface area contributed by atoms with E-state index in [0.717, 1.165) is 25.0 Å². The van der Waals surface area contributed by atoms with E-state index in [-0.39, 0.29) is 5.41 Å². The summed E-state index contributed by atoms with van der Waals surface area (Å²) in [6, 6.07) is 5.78. The molecule has 0 aliphatic rings. The maximum Gasteiger partial charge on any atom is 0.121 e. The van der Waals surface area contributed by atoms with Crippen LogP contribution in [0.1, 0.15) is 51.7 Å². The molecule has 1 aromatic carbocycles. The summed E-state index contributed by atoms with van der Waals surface area (Å²) < 4.78 is 5.55. The SMILES string of the molecule is CCCCOCc1cc(C(C)(C)C)ccc1O. The van der Waals surface area contributed by atoms with Gasteiger partial charge in [0, 0.05) is 12.2 Å². The van der Waals surface area contributed by atoms with Gasteiger partial charge in [-0.05, 0) is 29.5 Å². The zero-order valence-electron chi connectivity index (χ0n) is 11.4. The molecule has 0 bridgehead atoms. The molecule has 0 unspecified atom stereocenters. The highest BCUT2D eigenvalue weighted by Crippen LogP contribution is 2.27. The number of benzene rings is 1. The Morgan fingerprint density at radius 3 is 2.53 bits per heavy atom. The van der Waals surface area contributed by atoms with Crippen LogP contribution in [0.2, 0.25) is 0 Å². The molecule has 0 heterocycles. The van der Waals surface area contributed by atoms with Gasteiger partial charge in [-0.15, -0.1) is 0 Å². The van der Waals surface area contributed by atoms with Crippen LogP contribution in [0.3, 0.4) is 0 Å². The highest BCUT2D eigenvalue weighted by atomic mass is 16.5. The molecule has 1 aromatic rings. The Morgan fingerprint density at radius 2 is 1.94 bits per heavy atom. The third-order valence-electron chi connectivity index (χ3n) is 2.85. The molecule has 96 valence electrons. The lowest BCUT2D eigenvalue weighted by atomic mass is 9.86. The smallest absolute Gasteiger partial charge is 0.121 e. The Labute approximate surface area is 105 Å². The number of phenols is 1. The largest absolute Gasteiger partial charge is 0.508 e. The van der Waals surface area contributed by atoms with Crippen LogP contribution >= 0.6 is 0 Å². The van der Waals surface area contributed by atoms with Gasteiger partial charge < -0.3 is 9.84 Å². The van der Waals surface area contributed by atoms with Crippen LogP contribution in [-0.4, -0.2) is 11.7 Å². The van der Waals surface area contributed by atoms with Crippen molar-refractivity contribution in [3.05, 3.63) is 29.3 Å². The predicted octanol–water partition coefficient (Wildman–Crippen LogP) is 4.01. The third kappa shape index (κ3) is 4.39. The molecule has 0 radical (unpaired) electrons. The van der Waals surface area contributed by atoms with E-state index in [1.165, 1.54) is 5.56 Å². The van der Waals surface area contributed by atoms with E-state index in [4.69, 9.17) is 4.74 Å². The van der Waals surface area contributed by atoms with Crippen LogP contribution in [0.25, 0.3) is 0 Å². The molecule has 0 aromatic heterocycles. The number of hydrogen-bond acceptors (Lipinski definition) is 2. The summed E-state index contributed by atoms with van der Waals surface area (Å²) in [6.07, 6.45) is 2.20. The second-order valence-corrected chi connectivity index (χ2v) is 5.50. The number of rotatable bonds is 5. The quantitative estimate of drug-likeness (QED) is 0.783. The fourth-order valence-corrected chi connectivity index (χ4v) is 1.60. The van der Waals surface area contributed by atoms with Crippen LogP contribution in [0.15, 0.2) is 18.2 Å². The zero-order valence-corrected chi connectivity index (χ0v) is 11.4. The minimum atomic E-state index is 0.103. The van der Waals surface area contributed by atoms with Crippen molar-refractivity contribution in [3.8, 4) is 5.75 Å². The summed E-state index contributed by atoms with van der Waals surface area (Å²) in [5, 5.41) is 9.78. The van der Waals surface area contributed by atoms with Gasteiger partial charge >= 0.3 is 0 Å². The van der Waals surface area contributed by atoms with E-state index >= 15 is 0 Å². The van der Waals surface area contributed by atoms with Gasteiger partial charge in [-0.1, -0.05) is 40.2 Å². The fourth-order valence-electron chi connectivity index (χ4n) is 1.60. The lowest BCUT2D eigenvalue weighted by molar-refractivity contribution is 0.116. The van der Waals surface area contributed by atoms with Crippen molar-refractivity contribution in [1.82, 2.24) is 0 Å². The topological polar surface area (TPSA) is 29.5 Å². The van der Waals surface area contributed by atoms with Gasteiger partial charge in [0.1, 0.15) is 5.75 Å². The maximum absolute atomic E-state index is 9.78. The molecule has 1 N–H and O–H groups in total. The average molecular weight is 236 g/mol. The summed E-state index contributed by atoms with van der Waals surface area (Å²) in [5.41, 5.74) is 2.21. The Hall–Kier alpha value is -1.02. The lowest BCUT2D eigenvalue weighted by Gasteiger charge is -2.20. The molecule has 0 fully saturated rings. The summed E-state index contributed by atoms with van der Waals surface area (Å²) in [5.74, 6) is 0.328. The molecule has 0 amide bonds. The average Bonchev–Trinajstić information content (AvgIpc) is 2.25. The Kier molecular flexibility index (Phi) is 5.01. The minimum Gasteiger partial charge on any atom is -0.508 e. The number of unbranched alkanes of at least 4 members (excludes halogenated alkanes) is 1. The Bertz CT molecular complexity index is 350. The third-order valence-corrected chi connectivity index (χ3v) is 2.85. The first-order valence-electron chi connectivity index (χ1n) is 6.35. The Morgan fingerprint density at radius 1 is 1.24 bits per heavy atom. The van der Waals surface area contributed by atoms with Crippen molar-refractivity contribution in [3.63, 3.8) is 0 Å². The molecular formula is C15H24O2. The summed E-state index contributed by atoms with van der Waals surface area (Å²) >= 11 is 0. The standard InChI is InChI=1S/C15H24O2/c1-5-6-9-17-11-12-10-13(15(2,3)4)7-8-14(12)16/h7-8,10,16H,5-6,9,11H2,1-4H3. The van der Waals surface area contributed by atoms with Crippen molar-refractivity contribution in [2.75, 3.05) is 6.61 Å². The minimum absolute atomic E-state index is 0.103. The van der Waals surface area contributed by atoms with Gasteiger partial charge in [-0.3, -0.25) is 0 Å². The van der Waals surface area contributed by atoms with E-state index in [1.54, 1.807) is 6.07 Å². The Balaban J connectivity index is 2.70. The van der Waals surface area contributed by atoms with Gasteiger partial charge in [0.25, 0.3) is 0 Å². The molecule has 2 heteroatoms. The van der Waals surface area contributed by atoms with Gasteiger partial charge in [0.05, 0.1) is 6.61 Å². The van der Waals surface area contributed by atoms with Crippen LogP contribution in [0, 0.1) is 0 Å². The van der Waals surface area contributed by atoms with Crippen LogP contribution in [0.4, 0.5) is 0 Å². The molecule has 0 saturated carbocycles. The second-order valence-electron chi connectivity index (χ2n) is 5.50. The fraction of sp³-hybridized carbons (Fsp3) is 0.600. The summed E-state index contributed by atoms with van der Waals surface area (Å²) in [6.45, 7) is 9.90. The van der Waals surface area contributed by atoms with Crippen molar-refractivity contribution in [2.45, 2.75) is 52.6 Å². The van der Waals surface area contributed by atoms with Gasteiger partial charge in [0.15, 0.2) is 0 Å². The zero-order chi connectivity index (χ0) is 12.9. The molecule has 17 heavy (non-hydrogen) atoms. The van der Waals surface area contributed by atoms with Gasteiger partial charge in [-0.25, -0.2) is 0 Å². The predicted molar refractivity (Wildman–Crippen MR) is 71.4 cm³/mol. The van der Waals surface area contributed by atoms with Crippen LogP contribution in [-0.2, 0) is 16.8 Å². The lowest BCUT2D eigenvalue weighted by Crippen LogP contribution is -2.11. The summed E-state index contributed by atoms with van der Waals surface area (Å²) in [7, 11) is 0. The number of ether oxygens (including phenoxy) is 1. The molecule has 0 spiro atoms. The van der Waals surface area contributed by atoms with Crippen LogP contribution in [0.5, 0.6) is 5.75 Å². The van der Waals surface area contributed by atoms with E-state index < -0.39 is 0 Å². The molecule has 0 atom stereocenters. The number of hydrogen-bond donors (Lipinski definition) is 1. The highest BCUT2D eigenvalue weighted by Gasteiger charge is 2.15. The molecule has 0 aliphatic heterocycles. The van der Waals surface area contributed by atoms with Gasteiger partial charge in [-0.2, -0.15) is 0 Å². The molecule has 1 rings (SSSR count). The van der Waals surface area contributed by atoms with E-state index in [0.29, 0.717) is 12.4 Å². The number of phenolic OH excluding ortho intramolecular Hbond substituents is 1. The molecule has 0 saturated heterocycles. The molecule has 2 nitrogen and oxygen atoms in total. The highest BCUT2D eigenvalue weighted by molar-refractivity contribution is 5.38. The number of aromatic hydroxyl groups is 1. The molecular weight excluding hydrogens is 212 g/mol. The van der Waals surface area contributed by atoms with E-state index in [1.807, 2.05) is 12.1 Å². The summed E-state index contributed by atoms with van der Waals surface area (Å²) in [4.78, 5) is 0. The van der Waals surface area contributed by atoms with Crippen molar-refractivity contribution in [1.29, 1.82) is 0 Å². The van der Waals surface area contributed by atoms with Crippen molar-refractivity contribution >= 4 is 0 Å².